The van der Waals surface area contributed by atoms with Gasteiger partial charge in [-0.05, 0) is 73.3 Å². The van der Waals surface area contributed by atoms with Gasteiger partial charge < -0.3 is 14.6 Å². The Morgan fingerprint density at radius 1 is 0.970 bits per heavy atom. The molecule has 1 aliphatic heterocycles. The summed E-state index contributed by atoms with van der Waals surface area (Å²) in [6.07, 6.45) is 14.8. The molecule has 0 atom stereocenters. The lowest BCUT2D eigenvalue weighted by molar-refractivity contribution is 0.355. The van der Waals surface area contributed by atoms with Crippen LogP contribution in [0.4, 0.5) is 0 Å². The third-order valence-electron chi connectivity index (χ3n) is 6.15. The van der Waals surface area contributed by atoms with Crippen LogP contribution < -0.4 is 10.1 Å². The number of allylic oxidation sites excluding steroid dienone is 3. The molecule has 0 saturated carbocycles. The van der Waals surface area contributed by atoms with Gasteiger partial charge in [-0.3, -0.25) is 0 Å². The van der Waals surface area contributed by atoms with Gasteiger partial charge >= 0.3 is 0 Å². The van der Waals surface area contributed by atoms with Gasteiger partial charge in [0.15, 0.2) is 0 Å². The topological polar surface area (TPSA) is 26.2 Å². The molecule has 1 N–H and O–H groups in total. The van der Waals surface area contributed by atoms with Gasteiger partial charge in [0.25, 0.3) is 0 Å². The molecule has 2 heterocycles. The Labute approximate surface area is 197 Å². The summed E-state index contributed by atoms with van der Waals surface area (Å²) in [7, 11) is 0. The average Bonchev–Trinajstić information content (AvgIpc) is 3.05. The Kier molecular flexibility index (Phi) is 8.03. The van der Waals surface area contributed by atoms with Crippen LogP contribution in [0, 0.1) is 0 Å². The molecule has 3 heteroatoms. The first kappa shape index (κ1) is 22.9. The second kappa shape index (κ2) is 11.6. The Bertz CT molecular complexity index is 1170. The highest BCUT2D eigenvalue weighted by atomic mass is 16.5. The predicted molar refractivity (Wildman–Crippen MR) is 139 cm³/mol. The van der Waals surface area contributed by atoms with Gasteiger partial charge in [-0.25, -0.2) is 0 Å². The zero-order valence-electron chi connectivity index (χ0n) is 19.8. The third-order valence-corrected chi connectivity index (χ3v) is 6.15. The zero-order chi connectivity index (χ0) is 22.9. The van der Waals surface area contributed by atoms with Gasteiger partial charge in [0.1, 0.15) is 12.4 Å². The van der Waals surface area contributed by atoms with Crippen LogP contribution in [0.3, 0.4) is 0 Å². The van der Waals surface area contributed by atoms with Crippen LogP contribution in [0.1, 0.15) is 43.7 Å². The van der Waals surface area contributed by atoms with E-state index in [9.17, 15) is 0 Å². The van der Waals surface area contributed by atoms with Crippen LogP contribution >= 0.6 is 0 Å². The Hall–Kier alpha value is -3.26. The molecule has 1 fully saturated rings. The van der Waals surface area contributed by atoms with E-state index < -0.39 is 0 Å². The first-order valence-electron chi connectivity index (χ1n) is 12.2. The van der Waals surface area contributed by atoms with E-state index in [1.165, 1.54) is 34.9 Å². The number of para-hydroxylation sites is 1. The SMILES string of the molecule is C1=CC=CC=CC=1COc1ccc(Cn2cc(C3CCNCC3)c3ccccc32)cc1.CC. The fourth-order valence-electron chi connectivity index (χ4n) is 4.50. The molecule has 5 rings (SSSR count). The minimum atomic E-state index is 0.524. The van der Waals surface area contributed by atoms with E-state index in [1.807, 2.05) is 44.2 Å². The molecule has 1 aromatic heterocycles. The standard InChI is InChI=1S/C28H28N2O.C2H6/c1-2-4-8-23(7-3-1)21-31-25-13-11-22(12-14-25)19-30-20-27(24-15-17-29-18-16-24)26-9-5-6-10-28(26)30;1-2/h1-7,9-14,20,24,29H,15-19,21H2;1-2H3. The lowest BCUT2D eigenvalue weighted by atomic mass is 9.90. The van der Waals surface area contributed by atoms with Crippen molar-refractivity contribution >= 4 is 10.9 Å². The van der Waals surface area contributed by atoms with E-state index >= 15 is 0 Å². The quantitative estimate of drug-likeness (QED) is 0.430. The smallest absolute Gasteiger partial charge is 0.120 e. The lowest BCUT2D eigenvalue weighted by Crippen LogP contribution is -2.26. The van der Waals surface area contributed by atoms with Crippen molar-refractivity contribution in [3.05, 3.63) is 108 Å². The number of ether oxygens (including phenoxy) is 1. The lowest BCUT2D eigenvalue weighted by Gasteiger charge is -2.22. The van der Waals surface area contributed by atoms with Crippen LogP contribution in [0.15, 0.2) is 96.4 Å². The van der Waals surface area contributed by atoms with Crippen molar-refractivity contribution in [3.8, 4) is 5.75 Å². The maximum atomic E-state index is 5.95. The highest BCUT2D eigenvalue weighted by molar-refractivity contribution is 5.84. The molecule has 33 heavy (non-hydrogen) atoms. The monoisotopic (exact) mass is 438 g/mol. The molecule has 0 spiro atoms. The molecule has 1 saturated heterocycles. The number of aromatic nitrogens is 1. The molecule has 1 aliphatic carbocycles. The highest BCUT2D eigenvalue weighted by Crippen LogP contribution is 2.33. The van der Waals surface area contributed by atoms with Crippen LogP contribution in [0.5, 0.6) is 5.75 Å². The van der Waals surface area contributed by atoms with Gasteiger partial charge in [-0.2, -0.15) is 0 Å². The van der Waals surface area contributed by atoms with E-state index in [0.29, 0.717) is 12.5 Å². The summed E-state index contributed by atoms with van der Waals surface area (Å²) in [5.74, 6) is 1.54. The number of hydrogen-bond donors (Lipinski definition) is 1. The molecule has 170 valence electrons. The summed E-state index contributed by atoms with van der Waals surface area (Å²) in [4.78, 5) is 0. The highest BCUT2D eigenvalue weighted by Gasteiger charge is 2.20. The summed E-state index contributed by atoms with van der Waals surface area (Å²) in [5.41, 5.74) is 8.38. The van der Waals surface area contributed by atoms with E-state index in [2.05, 4.69) is 70.3 Å². The van der Waals surface area contributed by atoms with Crippen molar-refractivity contribution in [2.75, 3.05) is 19.7 Å². The minimum absolute atomic E-state index is 0.524. The third kappa shape index (κ3) is 5.76. The number of hydrogen-bond acceptors (Lipinski definition) is 2. The molecule has 0 bridgehead atoms. The second-order valence-corrected chi connectivity index (χ2v) is 8.27. The van der Waals surface area contributed by atoms with E-state index in [0.717, 1.165) is 31.0 Å². The minimum Gasteiger partial charge on any atom is -0.488 e. The van der Waals surface area contributed by atoms with Gasteiger partial charge in [-0.1, -0.05) is 62.4 Å². The van der Waals surface area contributed by atoms with Crippen molar-refractivity contribution in [1.82, 2.24) is 9.88 Å². The van der Waals surface area contributed by atoms with Crippen molar-refractivity contribution < 1.29 is 4.74 Å². The van der Waals surface area contributed by atoms with Crippen molar-refractivity contribution in [1.29, 1.82) is 0 Å². The molecular formula is C30H34N2O. The van der Waals surface area contributed by atoms with Gasteiger partial charge in [-0.15, -0.1) is 5.73 Å². The molecule has 0 unspecified atom stereocenters. The number of fused-ring (bicyclic) bond motifs is 1. The number of rotatable bonds is 6. The molecule has 0 amide bonds. The number of nitrogens with one attached hydrogen (secondary N) is 1. The van der Waals surface area contributed by atoms with Crippen molar-refractivity contribution in [2.24, 2.45) is 0 Å². The van der Waals surface area contributed by atoms with E-state index in [1.54, 1.807) is 0 Å². The van der Waals surface area contributed by atoms with Crippen molar-refractivity contribution in [2.45, 2.75) is 39.2 Å². The number of benzene rings is 2. The molecule has 2 aliphatic rings. The Morgan fingerprint density at radius 3 is 2.58 bits per heavy atom. The summed E-state index contributed by atoms with van der Waals surface area (Å²) >= 11 is 0. The van der Waals surface area contributed by atoms with Crippen LogP contribution in [-0.2, 0) is 6.54 Å². The fourth-order valence-corrected chi connectivity index (χ4v) is 4.50. The maximum Gasteiger partial charge on any atom is 0.120 e. The zero-order valence-corrected chi connectivity index (χ0v) is 19.8. The van der Waals surface area contributed by atoms with E-state index in [4.69, 9.17) is 4.74 Å². The Balaban J connectivity index is 0.00000126. The molecular weight excluding hydrogens is 404 g/mol. The van der Waals surface area contributed by atoms with Crippen LogP contribution in [0.2, 0.25) is 0 Å². The summed E-state index contributed by atoms with van der Waals surface area (Å²) < 4.78 is 8.35. The first-order valence-corrected chi connectivity index (χ1v) is 12.2. The molecule has 3 nitrogen and oxygen atoms in total. The average molecular weight is 439 g/mol. The largest absolute Gasteiger partial charge is 0.488 e. The van der Waals surface area contributed by atoms with Crippen LogP contribution in [-0.4, -0.2) is 24.3 Å². The molecule has 2 aromatic carbocycles. The normalized spacial score (nSPS) is 15.6. The number of piperidine rings is 1. The molecule has 3 aromatic rings. The summed E-state index contributed by atoms with van der Waals surface area (Å²) in [5, 5.41) is 4.89. The van der Waals surface area contributed by atoms with Gasteiger partial charge in [0, 0.05) is 29.2 Å². The number of nitrogens with zero attached hydrogens (tertiary/aromatic N) is 1. The second-order valence-electron chi connectivity index (χ2n) is 8.27. The summed E-state index contributed by atoms with van der Waals surface area (Å²) in [6, 6.07) is 17.3. The fraction of sp³-hybridized carbons (Fsp3) is 0.300. The predicted octanol–water partition coefficient (Wildman–Crippen LogP) is 6.77. The van der Waals surface area contributed by atoms with Gasteiger partial charge in [0.2, 0.25) is 0 Å². The van der Waals surface area contributed by atoms with Crippen LogP contribution in [0.25, 0.3) is 10.9 Å². The summed E-state index contributed by atoms with van der Waals surface area (Å²) in [6.45, 7) is 7.62. The first-order chi connectivity index (χ1) is 16.4. The molecule has 0 radical (unpaired) electrons. The van der Waals surface area contributed by atoms with Gasteiger partial charge in [0.05, 0.1) is 0 Å². The Morgan fingerprint density at radius 2 is 1.76 bits per heavy atom. The van der Waals surface area contributed by atoms with E-state index in [-0.39, 0.29) is 0 Å². The maximum absolute atomic E-state index is 5.95. The van der Waals surface area contributed by atoms with Crippen molar-refractivity contribution in [3.63, 3.8) is 0 Å².